The molecule has 0 bridgehead atoms. The van der Waals surface area contributed by atoms with Crippen LogP contribution in [0, 0.1) is 5.92 Å². The van der Waals surface area contributed by atoms with Crippen molar-refractivity contribution in [1.29, 1.82) is 0 Å². The van der Waals surface area contributed by atoms with Gasteiger partial charge in [-0.25, -0.2) is 4.98 Å². The fourth-order valence-electron chi connectivity index (χ4n) is 4.07. The number of rotatable bonds is 4. The summed E-state index contributed by atoms with van der Waals surface area (Å²) in [7, 11) is 0. The molecule has 2 fully saturated rings. The van der Waals surface area contributed by atoms with Gasteiger partial charge in [0.2, 0.25) is 0 Å². The zero-order valence-electron chi connectivity index (χ0n) is 13.7. The van der Waals surface area contributed by atoms with Gasteiger partial charge in [0.15, 0.2) is 0 Å². The van der Waals surface area contributed by atoms with Crippen LogP contribution in [0.4, 0.5) is 0 Å². The van der Waals surface area contributed by atoms with Crippen LogP contribution < -0.4 is 5.32 Å². The number of nitrogens with zero attached hydrogens (tertiary/aromatic N) is 3. The van der Waals surface area contributed by atoms with Crippen LogP contribution in [0.25, 0.3) is 5.69 Å². The second-order valence-electron chi connectivity index (χ2n) is 6.95. The Morgan fingerprint density at radius 3 is 2.57 bits per heavy atom. The number of benzene rings is 1. The van der Waals surface area contributed by atoms with E-state index in [9.17, 15) is 0 Å². The molecule has 2 saturated heterocycles. The molecular formula is C19H26N4. The monoisotopic (exact) mass is 310 g/mol. The van der Waals surface area contributed by atoms with E-state index in [-0.39, 0.29) is 0 Å². The summed E-state index contributed by atoms with van der Waals surface area (Å²) in [6.07, 6.45) is 11.1. The number of likely N-dealkylation sites (tertiary alicyclic amines) is 1. The minimum Gasteiger partial charge on any atom is -0.314 e. The second-order valence-corrected chi connectivity index (χ2v) is 6.95. The molecule has 1 unspecified atom stereocenters. The lowest BCUT2D eigenvalue weighted by atomic mass is 9.88. The Bertz CT molecular complexity index is 591. The fraction of sp³-hybridized carbons (Fsp3) is 0.526. The third-order valence-electron chi connectivity index (χ3n) is 5.44. The van der Waals surface area contributed by atoms with Gasteiger partial charge in [-0.2, -0.15) is 0 Å². The lowest BCUT2D eigenvalue weighted by Crippen LogP contribution is -2.40. The van der Waals surface area contributed by atoms with Crippen LogP contribution in [0.2, 0.25) is 0 Å². The van der Waals surface area contributed by atoms with E-state index in [0.717, 1.165) is 18.5 Å². The minimum absolute atomic E-state index is 0.798. The van der Waals surface area contributed by atoms with Gasteiger partial charge in [-0.3, -0.25) is 4.90 Å². The molecule has 4 rings (SSSR count). The predicted octanol–water partition coefficient (Wildman–Crippen LogP) is 2.84. The van der Waals surface area contributed by atoms with E-state index in [1.54, 1.807) is 0 Å². The van der Waals surface area contributed by atoms with Crippen LogP contribution in [-0.4, -0.2) is 40.1 Å². The minimum atomic E-state index is 0.798. The highest BCUT2D eigenvalue weighted by molar-refractivity contribution is 5.34. The topological polar surface area (TPSA) is 33.1 Å². The van der Waals surface area contributed by atoms with Crippen LogP contribution in [0.15, 0.2) is 43.0 Å². The van der Waals surface area contributed by atoms with Gasteiger partial charge in [-0.15, -0.1) is 0 Å². The van der Waals surface area contributed by atoms with Crippen molar-refractivity contribution in [3.05, 3.63) is 48.5 Å². The number of hydrogen-bond donors (Lipinski definition) is 1. The molecule has 2 aliphatic rings. The van der Waals surface area contributed by atoms with E-state index in [2.05, 4.69) is 39.5 Å². The maximum Gasteiger partial charge on any atom is 0.0991 e. The zero-order valence-corrected chi connectivity index (χ0v) is 13.7. The molecule has 2 aromatic rings. The zero-order chi connectivity index (χ0) is 15.5. The number of hydrogen-bond acceptors (Lipinski definition) is 3. The van der Waals surface area contributed by atoms with Crippen LogP contribution >= 0.6 is 0 Å². The molecule has 0 spiro atoms. The summed E-state index contributed by atoms with van der Waals surface area (Å²) in [6, 6.07) is 9.67. The second kappa shape index (κ2) is 6.85. The summed E-state index contributed by atoms with van der Waals surface area (Å²) in [6.45, 7) is 4.79. The van der Waals surface area contributed by atoms with E-state index in [4.69, 9.17) is 0 Å². The summed E-state index contributed by atoms with van der Waals surface area (Å²) < 4.78 is 2.05. The van der Waals surface area contributed by atoms with Gasteiger partial charge in [0.05, 0.1) is 6.33 Å². The standard InChI is InChI=1S/C19H26N4/c1-2-19(21-9-1)17-7-11-22(12-8-17)14-16-3-5-18(6-4-16)23-13-10-20-15-23/h3-6,10,13,15,17,19,21H,1-2,7-9,11-12,14H2. The van der Waals surface area contributed by atoms with Crippen molar-refractivity contribution >= 4 is 0 Å². The number of aromatic nitrogens is 2. The molecule has 1 N–H and O–H groups in total. The normalized spacial score (nSPS) is 23.4. The Morgan fingerprint density at radius 2 is 1.91 bits per heavy atom. The number of imidazole rings is 1. The van der Waals surface area contributed by atoms with Gasteiger partial charge in [-0.05, 0) is 68.9 Å². The maximum atomic E-state index is 4.10. The molecule has 1 aromatic heterocycles. The number of nitrogens with one attached hydrogen (secondary N) is 1. The first kappa shape index (κ1) is 14.9. The van der Waals surface area contributed by atoms with E-state index in [1.807, 2.05) is 23.3 Å². The Kier molecular flexibility index (Phi) is 4.44. The van der Waals surface area contributed by atoms with E-state index in [1.165, 1.54) is 56.6 Å². The van der Waals surface area contributed by atoms with Crippen molar-refractivity contribution in [1.82, 2.24) is 19.8 Å². The van der Waals surface area contributed by atoms with Crippen molar-refractivity contribution in [3.8, 4) is 5.69 Å². The van der Waals surface area contributed by atoms with E-state index in [0.29, 0.717) is 0 Å². The van der Waals surface area contributed by atoms with Gasteiger partial charge in [0.25, 0.3) is 0 Å². The SMILES string of the molecule is c1cn(-c2ccc(CN3CCC(C4CCCN4)CC3)cc2)cn1. The lowest BCUT2D eigenvalue weighted by Gasteiger charge is -2.35. The average molecular weight is 310 g/mol. The smallest absolute Gasteiger partial charge is 0.0991 e. The largest absolute Gasteiger partial charge is 0.314 e. The van der Waals surface area contributed by atoms with Crippen molar-refractivity contribution in [2.45, 2.75) is 38.3 Å². The third-order valence-corrected chi connectivity index (χ3v) is 5.44. The molecule has 4 heteroatoms. The summed E-state index contributed by atoms with van der Waals surface area (Å²) in [5, 5.41) is 3.68. The van der Waals surface area contributed by atoms with Crippen LogP contribution in [0.3, 0.4) is 0 Å². The Morgan fingerprint density at radius 1 is 1.09 bits per heavy atom. The molecular weight excluding hydrogens is 284 g/mol. The summed E-state index contributed by atoms with van der Waals surface area (Å²) in [5.41, 5.74) is 2.59. The van der Waals surface area contributed by atoms with Crippen molar-refractivity contribution in [2.75, 3.05) is 19.6 Å². The van der Waals surface area contributed by atoms with Crippen molar-refractivity contribution < 1.29 is 0 Å². The Hall–Kier alpha value is -1.65. The fourth-order valence-corrected chi connectivity index (χ4v) is 4.07. The van der Waals surface area contributed by atoms with Crippen molar-refractivity contribution in [3.63, 3.8) is 0 Å². The van der Waals surface area contributed by atoms with Crippen LogP contribution in [0.1, 0.15) is 31.2 Å². The molecule has 1 aromatic carbocycles. The van der Waals surface area contributed by atoms with Crippen LogP contribution in [-0.2, 0) is 6.54 Å². The maximum absolute atomic E-state index is 4.10. The molecule has 0 saturated carbocycles. The molecule has 2 aliphatic heterocycles. The highest BCUT2D eigenvalue weighted by atomic mass is 15.1. The summed E-state index contributed by atoms with van der Waals surface area (Å²) in [4.78, 5) is 6.71. The molecule has 23 heavy (non-hydrogen) atoms. The molecule has 0 aliphatic carbocycles. The van der Waals surface area contributed by atoms with Gasteiger partial charge < -0.3 is 9.88 Å². The summed E-state index contributed by atoms with van der Waals surface area (Å²) in [5.74, 6) is 0.900. The van der Waals surface area contributed by atoms with Crippen molar-refractivity contribution in [2.24, 2.45) is 5.92 Å². The lowest BCUT2D eigenvalue weighted by molar-refractivity contribution is 0.157. The Balaban J connectivity index is 1.31. The molecule has 0 radical (unpaired) electrons. The first-order valence-corrected chi connectivity index (χ1v) is 8.91. The van der Waals surface area contributed by atoms with Gasteiger partial charge in [0.1, 0.15) is 0 Å². The van der Waals surface area contributed by atoms with Gasteiger partial charge in [-0.1, -0.05) is 12.1 Å². The first-order chi connectivity index (χ1) is 11.4. The molecule has 4 nitrogen and oxygen atoms in total. The number of piperidine rings is 1. The third kappa shape index (κ3) is 3.48. The molecule has 1 atom stereocenters. The average Bonchev–Trinajstić information content (AvgIpc) is 3.30. The Labute approximate surface area is 138 Å². The van der Waals surface area contributed by atoms with E-state index < -0.39 is 0 Å². The predicted molar refractivity (Wildman–Crippen MR) is 92.6 cm³/mol. The highest BCUT2D eigenvalue weighted by Crippen LogP contribution is 2.26. The summed E-state index contributed by atoms with van der Waals surface area (Å²) >= 11 is 0. The van der Waals surface area contributed by atoms with E-state index >= 15 is 0 Å². The van der Waals surface area contributed by atoms with Gasteiger partial charge >= 0.3 is 0 Å². The highest BCUT2D eigenvalue weighted by Gasteiger charge is 2.28. The van der Waals surface area contributed by atoms with Gasteiger partial charge in [0, 0.05) is 30.7 Å². The quantitative estimate of drug-likeness (QED) is 0.942. The molecule has 122 valence electrons. The molecule has 3 heterocycles. The first-order valence-electron chi connectivity index (χ1n) is 8.91. The van der Waals surface area contributed by atoms with Crippen LogP contribution in [0.5, 0.6) is 0 Å². The molecule has 0 amide bonds.